The first kappa shape index (κ1) is 19.7. The third-order valence-corrected chi connectivity index (χ3v) is 4.97. The Morgan fingerprint density at radius 2 is 1.96 bits per heavy atom. The van der Waals surface area contributed by atoms with Crippen LogP contribution in [0.4, 0.5) is 4.79 Å². The monoisotopic (exact) mass is 384 g/mol. The minimum absolute atomic E-state index is 0.0966. The molecule has 3 rings (SSSR count). The average molecular weight is 384 g/mol. The van der Waals surface area contributed by atoms with E-state index in [1.165, 1.54) is 32.3 Å². The van der Waals surface area contributed by atoms with E-state index < -0.39 is 17.8 Å². The number of carbonyl (C=O) groups excluding carboxylic acids is 3. The van der Waals surface area contributed by atoms with Crippen molar-refractivity contribution in [2.75, 3.05) is 20.8 Å². The zero-order chi connectivity index (χ0) is 20.1. The normalized spacial score (nSPS) is 18.8. The molecule has 1 aromatic carbocycles. The Morgan fingerprint density at radius 1 is 1.14 bits per heavy atom. The fourth-order valence-corrected chi connectivity index (χ4v) is 3.38. The van der Waals surface area contributed by atoms with Gasteiger partial charge in [-0.25, -0.2) is 4.79 Å². The predicted molar refractivity (Wildman–Crippen MR) is 104 cm³/mol. The van der Waals surface area contributed by atoms with Gasteiger partial charge in [0.05, 0.1) is 14.2 Å². The summed E-state index contributed by atoms with van der Waals surface area (Å²) in [6, 6.07) is 4.39. The molecule has 0 atom stereocenters. The molecule has 1 saturated heterocycles. The molecule has 0 spiro atoms. The van der Waals surface area contributed by atoms with Gasteiger partial charge in [-0.15, -0.1) is 0 Å². The molecule has 28 heavy (non-hydrogen) atoms. The quantitative estimate of drug-likeness (QED) is 0.463. The van der Waals surface area contributed by atoms with Crippen molar-refractivity contribution in [1.29, 1.82) is 0 Å². The molecule has 1 heterocycles. The fraction of sp³-hybridized carbons (Fsp3) is 0.381. The molecule has 0 unspecified atom stereocenters. The van der Waals surface area contributed by atoms with Crippen molar-refractivity contribution < 1.29 is 23.9 Å². The lowest BCUT2D eigenvalue weighted by Gasteiger charge is -2.27. The molecule has 0 bridgehead atoms. The highest BCUT2D eigenvalue weighted by Crippen LogP contribution is 2.28. The van der Waals surface area contributed by atoms with Crippen LogP contribution in [-0.2, 0) is 9.59 Å². The summed E-state index contributed by atoms with van der Waals surface area (Å²) in [6.07, 6.45) is 8.59. The Morgan fingerprint density at radius 3 is 2.64 bits per heavy atom. The minimum atomic E-state index is -0.707. The Hall–Kier alpha value is -3.09. The molecule has 7 heteroatoms. The van der Waals surface area contributed by atoms with Crippen LogP contribution in [0.1, 0.15) is 37.7 Å². The van der Waals surface area contributed by atoms with Gasteiger partial charge in [0, 0.05) is 18.2 Å². The van der Waals surface area contributed by atoms with Crippen LogP contribution >= 0.6 is 0 Å². The lowest BCUT2D eigenvalue weighted by Crippen LogP contribution is -2.54. The number of rotatable bonds is 6. The average Bonchev–Trinajstić information content (AvgIpc) is 2.71. The maximum absolute atomic E-state index is 12.8. The molecule has 1 fully saturated rings. The fourth-order valence-electron chi connectivity index (χ4n) is 3.38. The van der Waals surface area contributed by atoms with E-state index in [-0.39, 0.29) is 12.1 Å². The van der Waals surface area contributed by atoms with E-state index in [2.05, 4.69) is 11.4 Å². The van der Waals surface area contributed by atoms with E-state index in [1.807, 2.05) is 0 Å². The van der Waals surface area contributed by atoms with Crippen LogP contribution in [0.5, 0.6) is 11.5 Å². The summed E-state index contributed by atoms with van der Waals surface area (Å²) in [4.78, 5) is 38.4. The number of carbonyl (C=O) groups is 3. The highest BCUT2D eigenvalue weighted by atomic mass is 16.5. The molecule has 4 amide bonds. The molecule has 0 saturated carbocycles. The summed E-state index contributed by atoms with van der Waals surface area (Å²) in [5, 5.41) is 2.25. The van der Waals surface area contributed by atoms with Crippen LogP contribution in [0, 0.1) is 0 Å². The van der Waals surface area contributed by atoms with Gasteiger partial charge >= 0.3 is 6.03 Å². The number of ether oxygens (including phenoxy) is 2. The van der Waals surface area contributed by atoms with Gasteiger partial charge in [0.2, 0.25) is 0 Å². The molecule has 0 radical (unpaired) electrons. The van der Waals surface area contributed by atoms with Gasteiger partial charge in [-0.2, -0.15) is 0 Å². The van der Waals surface area contributed by atoms with Gasteiger partial charge in [0.1, 0.15) is 17.1 Å². The molecular formula is C21H24N2O5. The largest absolute Gasteiger partial charge is 0.497 e. The molecular weight excluding hydrogens is 360 g/mol. The van der Waals surface area contributed by atoms with Crippen LogP contribution in [0.25, 0.3) is 6.08 Å². The van der Waals surface area contributed by atoms with Crippen molar-refractivity contribution in [3.63, 3.8) is 0 Å². The molecule has 1 aliphatic heterocycles. The van der Waals surface area contributed by atoms with Crippen molar-refractivity contribution >= 4 is 23.9 Å². The summed E-state index contributed by atoms with van der Waals surface area (Å²) in [7, 11) is 3.03. The third-order valence-electron chi connectivity index (χ3n) is 4.97. The van der Waals surface area contributed by atoms with Crippen molar-refractivity contribution in [2.24, 2.45) is 0 Å². The zero-order valence-electron chi connectivity index (χ0n) is 16.1. The van der Waals surface area contributed by atoms with E-state index >= 15 is 0 Å². The van der Waals surface area contributed by atoms with E-state index in [9.17, 15) is 14.4 Å². The number of hydrogen-bond donors (Lipinski definition) is 1. The van der Waals surface area contributed by atoms with Crippen molar-refractivity contribution in [1.82, 2.24) is 10.2 Å². The first-order valence-electron chi connectivity index (χ1n) is 9.32. The Balaban J connectivity index is 1.83. The Bertz CT molecular complexity index is 856. The molecule has 1 N–H and O–H groups in total. The first-order chi connectivity index (χ1) is 13.5. The molecule has 1 aromatic rings. The number of methoxy groups -OCH3 is 2. The van der Waals surface area contributed by atoms with Crippen LogP contribution in [0.15, 0.2) is 35.4 Å². The van der Waals surface area contributed by atoms with E-state index in [0.29, 0.717) is 23.5 Å². The van der Waals surface area contributed by atoms with Gasteiger partial charge in [-0.1, -0.05) is 11.6 Å². The maximum Gasteiger partial charge on any atom is 0.331 e. The summed E-state index contributed by atoms with van der Waals surface area (Å²) in [6.45, 7) is 0.251. The highest BCUT2D eigenvalue weighted by molar-refractivity contribution is 6.31. The number of hydrogen-bond acceptors (Lipinski definition) is 5. The number of amides is 4. The van der Waals surface area contributed by atoms with Gasteiger partial charge in [-0.05, 0) is 50.3 Å². The van der Waals surface area contributed by atoms with Gasteiger partial charge in [-0.3, -0.25) is 19.8 Å². The van der Waals surface area contributed by atoms with E-state index in [1.54, 1.807) is 18.2 Å². The molecule has 7 nitrogen and oxygen atoms in total. The minimum Gasteiger partial charge on any atom is -0.497 e. The molecule has 148 valence electrons. The second-order valence-corrected chi connectivity index (χ2v) is 6.74. The highest BCUT2D eigenvalue weighted by Gasteiger charge is 2.35. The predicted octanol–water partition coefficient (Wildman–Crippen LogP) is 3.06. The number of nitrogens with one attached hydrogen (secondary N) is 1. The molecule has 1 aliphatic carbocycles. The summed E-state index contributed by atoms with van der Waals surface area (Å²) < 4.78 is 10.5. The number of barbiturate groups is 1. The third kappa shape index (κ3) is 4.24. The van der Waals surface area contributed by atoms with Gasteiger partial charge in [0.25, 0.3) is 11.8 Å². The van der Waals surface area contributed by atoms with E-state index in [4.69, 9.17) is 9.47 Å². The topological polar surface area (TPSA) is 84.9 Å². The second kappa shape index (κ2) is 8.73. The molecule has 2 aliphatic rings. The number of imide groups is 2. The summed E-state index contributed by atoms with van der Waals surface area (Å²) in [5.41, 5.74) is 1.71. The van der Waals surface area contributed by atoms with Crippen LogP contribution < -0.4 is 14.8 Å². The van der Waals surface area contributed by atoms with Crippen LogP contribution in [0.3, 0.4) is 0 Å². The van der Waals surface area contributed by atoms with Gasteiger partial charge < -0.3 is 9.47 Å². The number of benzene rings is 1. The first-order valence-corrected chi connectivity index (χ1v) is 9.32. The van der Waals surface area contributed by atoms with Crippen LogP contribution in [-0.4, -0.2) is 43.5 Å². The smallest absolute Gasteiger partial charge is 0.331 e. The Kier molecular flexibility index (Phi) is 6.13. The molecule has 0 aromatic heterocycles. The maximum atomic E-state index is 12.8. The Labute approximate surface area is 164 Å². The summed E-state index contributed by atoms with van der Waals surface area (Å²) >= 11 is 0. The lowest BCUT2D eigenvalue weighted by atomic mass is 9.97. The van der Waals surface area contributed by atoms with E-state index in [0.717, 1.165) is 24.2 Å². The van der Waals surface area contributed by atoms with Gasteiger partial charge in [0.15, 0.2) is 0 Å². The number of urea groups is 1. The van der Waals surface area contributed by atoms with Crippen molar-refractivity contribution in [3.05, 3.63) is 41.0 Å². The van der Waals surface area contributed by atoms with Crippen LogP contribution in [0.2, 0.25) is 0 Å². The van der Waals surface area contributed by atoms with Crippen molar-refractivity contribution in [3.8, 4) is 11.5 Å². The van der Waals surface area contributed by atoms with Crippen molar-refractivity contribution in [2.45, 2.75) is 32.1 Å². The SMILES string of the molecule is COc1ccc(/C=C2\C(=O)NC(=O)N(CCC3=CCCCC3)C2=O)c(OC)c1. The standard InChI is InChI=1S/C21H24N2O5/c1-27-16-9-8-15(18(13-16)28-2)12-17-19(24)22-21(26)23(20(17)25)11-10-14-6-4-3-5-7-14/h6,8-9,12-13H,3-5,7,10-11H2,1-2H3,(H,22,24,26)/b17-12+. The summed E-state index contributed by atoms with van der Waals surface area (Å²) in [5.74, 6) is -0.247. The zero-order valence-corrected chi connectivity index (χ0v) is 16.1. The lowest BCUT2D eigenvalue weighted by molar-refractivity contribution is -0.130. The second-order valence-electron chi connectivity index (χ2n) is 6.74. The number of nitrogens with zero attached hydrogens (tertiary/aromatic N) is 1. The number of allylic oxidation sites excluding steroid dienone is 1.